The zero-order valence-corrected chi connectivity index (χ0v) is 21.2. The predicted octanol–water partition coefficient (Wildman–Crippen LogP) is 4.75. The molecule has 8 aromatic rings. The Morgan fingerprint density at radius 3 is 1.82 bits per heavy atom. The van der Waals surface area contributed by atoms with Gasteiger partial charge in [0, 0.05) is 0 Å². The molecule has 0 unspecified atom stereocenters. The zero-order valence-electron chi connectivity index (χ0n) is 20.2. The molecule has 0 aliphatic heterocycles. The van der Waals surface area contributed by atoms with E-state index in [2.05, 4.69) is 43.9 Å². The van der Waals surface area contributed by atoms with E-state index in [1.165, 1.54) is 0 Å². The first-order chi connectivity index (χ1) is 18.7. The fourth-order valence-corrected chi connectivity index (χ4v) is 8.92. The summed E-state index contributed by atoms with van der Waals surface area (Å²) in [6.07, 6.45) is 9.43. The first kappa shape index (κ1) is 21.4. The van der Waals surface area contributed by atoms with Crippen LogP contribution in [0.4, 0.5) is 0 Å². The van der Waals surface area contributed by atoms with Crippen molar-refractivity contribution in [3.63, 3.8) is 0 Å². The summed E-state index contributed by atoms with van der Waals surface area (Å²) in [7, 11) is -3.18. The van der Waals surface area contributed by atoms with Crippen molar-refractivity contribution in [2.45, 2.75) is 0 Å². The third-order valence-corrected chi connectivity index (χ3v) is 11.1. The van der Waals surface area contributed by atoms with E-state index in [1.807, 2.05) is 102 Å². The Balaban J connectivity index is 1.37. The molecular weight excluding hydrogens is 489 g/mol. The third-order valence-electron chi connectivity index (χ3n) is 7.64. The van der Waals surface area contributed by atoms with Crippen molar-refractivity contribution in [1.29, 1.82) is 0 Å². The van der Waals surface area contributed by atoms with Crippen LogP contribution in [0.1, 0.15) is 0 Å². The minimum absolute atomic E-state index is 0.932. The second-order valence-electron chi connectivity index (χ2n) is 9.59. The summed E-state index contributed by atoms with van der Waals surface area (Å²) in [5, 5.41) is 10.7. The quantitative estimate of drug-likeness (QED) is 0.274. The van der Waals surface area contributed by atoms with Gasteiger partial charge in [-0.3, -0.25) is 0 Å². The molecular formula is C31H22N5OP. The number of hydrogen-bond donors (Lipinski definition) is 1. The maximum absolute atomic E-state index is 12.4. The summed E-state index contributed by atoms with van der Waals surface area (Å²) >= 11 is 0. The molecule has 3 aromatic carbocycles. The van der Waals surface area contributed by atoms with E-state index in [0.29, 0.717) is 0 Å². The zero-order chi connectivity index (χ0) is 25.3. The van der Waals surface area contributed by atoms with Gasteiger partial charge in [-0.1, -0.05) is 0 Å². The Labute approximate surface area is 218 Å². The molecule has 0 aliphatic rings. The van der Waals surface area contributed by atoms with Crippen molar-refractivity contribution in [3.8, 4) is 5.69 Å². The fourth-order valence-electron chi connectivity index (χ4n) is 5.92. The molecule has 0 aliphatic carbocycles. The van der Waals surface area contributed by atoms with Crippen molar-refractivity contribution >= 4 is 61.6 Å². The molecule has 0 atom stereocenters. The normalized spacial score (nSPS) is 12.8. The summed E-state index contributed by atoms with van der Waals surface area (Å²) in [4.78, 5) is 21.5. The van der Waals surface area contributed by atoms with Crippen LogP contribution in [0.15, 0.2) is 122 Å². The Kier molecular flexibility index (Phi) is 4.47. The predicted molar refractivity (Wildman–Crippen MR) is 156 cm³/mol. The second-order valence-corrected chi connectivity index (χ2v) is 12.7. The van der Waals surface area contributed by atoms with Crippen molar-refractivity contribution < 1.29 is 4.89 Å². The number of benzene rings is 3. The van der Waals surface area contributed by atoms with Crippen molar-refractivity contribution in [2.75, 3.05) is 0 Å². The molecule has 0 amide bonds. The van der Waals surface area contributed by atoms with Gasteiger partial charge in [-0.15, -0.1) is 0 Å². The van der Waals surface area contributed by atoms with E-state index in [-0.39, 0.29) is 0 Å². The van der Waals surface area contributed by atoms with Crippen LogP contribution in [-0.4, -0.2) is 29.0 Å². The molecule has 1 N–H and O–H groups in total. The Hall–Kier alpha value is -4.64. The number of aromatic nitrogens is 5. The van der Waals surface area contributed by atoms with E-state index < -0.39 is 7.49 Å². The fraction of sp³-hybridized carbons (Fsp3) is 0. The van der Waals surface area contributed by atoms with Gasteiger partial charge in [0.1, 0.15) is 0 Å². The summed E-state index contributed by atoms with van der Waals surface area (Å²) < 4.78 is 4.15. The average molecular weight is 512 g/mol. The van der Waals surface area contributed by atoms with Gasteiger partial charge in [0.25, 0.3) is 0 Å². The standard InChI is InChI=1S/C31H22N5OP/c37-38(22-7-3-1-4-8-22,23-9-5-2-6-10-23)24-13-11-21(12-14-24)35-27-18-32-17-25-26-15-16-34-36(26)29-20-33-19-28(35)31(29)30(25)27/h1-20,37-38H. The topological polar surface area (TPSA) is 68.2 Å². The van der Waals surface area contributed by atoms with E-state index in [9.17, 15) is 4.89 Å². The van der Waals surface area contributed by atoms with Crippen molar-refractivity contribution in [2.24, 2.45) is 0 Å². The Morgan fingerprint density at radius 1 is 0.553 bits per heavy atom. The molecule has 0 bridgehead atoms. The van der Waals surface area contributed by atoms with Gasteiger partial charge >= 0.3 is 218 Å². The van der Waals surface area contributed by atoms with Gasteiger partial charge < -0.3 is 0 Å². The number of nitrogens with zero attached hydrogens (tertiary/aromatic N) is 5. The summed E-state index contributed by atoms with van der Waals surface area (Å²) in [6, 6.07) is 30.4. The van der Waals surface area contributed by atoms with Gasteiger partial charge in [0.15, 0.2) is 0 Å². The van der Waals surface area contributed by atoms with Crippen molar-refractivity contribution in [3.05, 3.63) is 122 Å². The van der Waals surface area contributed by atoms with Crippen LogP contribution in [-0.2, 0) is 0 Å². The first-order valence-corrected chi connectivity index (χ1v) is 14.4. The van der Waals surface area contributed by atoms with Gasteiger partial charge in [0.2, 0.25) is 0 Å². The average Bonchev–Trinajstić information content (AvgIpc) is 3.62. The first-order valence-electron chi connectivity index (χ1n) is 12.5. The van der Waals surface area contributed by atoms with Gasteiger partial charge in [0.05, 0.1) is 0 Å². The van der Waals surface area contributed by atoms with Gasteiger partial charge in [-0.25, -0.2) is 0 Å². The Morgan fingerprint density at radius 2 is 1.13 bits per heavy atom. The van der Waals surface area contributed by atoms with Crippen LogP contribution >= 0.6 is 7.49 Å². The maximum atomic E-state index is 12.4. The Bertz CT molecular complexity index is 1960. The molecule has 5 aromatic heterocycles. The van der Waals surface area contributed by atoms with Crippen LogP contribution in [0.25, 0.3) is 43.9 Å². The van der Waals surface area contributed by atoms with Gasteiger partial charge in [-0.2, -0.15) is 0 Å². The molecule has 182 valence electrons. The molecule has 0 saturated heterocycles. The molecule has 38 heavy (non-hydrogen) atoms. The molecule has 0 spiro atoms. The molecule has 7 heteroatoms. The summed E-state index contributed by atoms with van der Waals surface area (Å²) in [5.41, 5.74) is 4.99. The van der Waals surface area contributed by atoms with Crippen LogP contribution in [0.3, 0.4) is 0 Å². The van der Waals surface area contributed by atoms with E-state index in [4.69, 9.17) is 0 Å². The SMILES string of the molecule is O[PH](c1ccccc1)(c1ccccc1)c1ccc(-n2c3cncc4c3c3c2cncc3n2nccc42)cc1. The minimum atomic E-state index is -3.18. The number of rotatable bonds is 4. The van der Waals surface area contributed by atoms with Crippen molar-refractivity contribution in [1.82, 2.24) is 24.1 Å². The molecule has 0 saturated carbocycles. The molecule has 8 rings (SSSR count). The number of pyridine rings is 3. The number of hydrogen-bond acceptors (Lipinski definition) is 4. The molecule has 0 radical (unpaired) electrons. The van der Waals surface area contributed by atoms with Gasteiger partial charge in [-0.05, 0) is 0 Å². The van der Waals surface area contributed by atoms with E-state index in [0.717, 1.165) is 59.8 Å². The monoisotopic (exact) mass is 511 g/mol. The molecule has 5 heterocycles. The molecule has 6 nitrogen and oxygen atoms in total. The summed E-state index contributed by atoms with van der Waals surface area (Å²) in [5.74, 6) is 0. The van der Waals surface area contributed by atoms with Crippen LogP contribution < -0.4 is 15.9 Å². The second kappa shape index (κ2) is 7.93. The molecule has 0 fully saturated rings. The van der Waals surface area contributed by atoms with Crippen LogP contribution in [0, 0.1) is 0 Å². The van der Waals surface area contributed by atoms with E-state index >= 15 is 0 Å². The van der Waals surface area contributed by atoms with Crippen LogP contribution in [0.2, 0.25) is 0 Å². The number of fused-ring (bicyclic) bond motifs is 3. The van der Waals surface area contributed by atoms with E-state index in [1.54, 1.807) is 0 Å². The third kappa shape index (κ3) is 2.81. The van der Waals surface area contributed by atoms with Crippen LogP contribution in [0.5, 0.6) is 0 Å². The summed E-state index contributed by atoms with van der Waals surface area (Å²) in [6.45, 7) is 0.